The summed E-state index contributed by atoms with van der Waals surface area (Å²) in [7, 11) is -3.98. The number of benzene rings is 1. The Balaban J connectivity index is 3.20. The van der Waals surface area contributed by atoms with Gasteiger partial charge in [0.2, 0.25) is 10.0 Å². The number of aliphatic hydroxyl groups is 1. The van der Waals surface area contributed by atoms with E-state index in [0.717, 1.165) is 12.1 Å². The summed E-state index contributed by atoms with van der Waals surface area (Å²) >= 11 is 11.5. The molecule has 0 heterocycles. The maximum absolute atomic E-state index is 12.0. The lowest BCUT2D eigenvalue weighted by Crippen LogP contribution is -2.30. The highest BCUT2D eigenvalue weighted by Gasteiger charge is 2.24. The Kier molecular flexibility index (Phi) is 5.79. The molecule has 0 aromatic heterocycles. The summed E-state index contributed by atoms with van der Waals surface area (Å²) in [5.41, 5.74) is -0.466. The maximum Gasteiger partial charge on any atom is 0.338 e. The van der Waals surface area contributed by atoms with Crippen LogP contribution < -0.4 is 4.72 Å². The molecule has 112 valence electrons. The Morgan fingerprint density at radius 1 is 1.40 bits per heavy atom. The van der Waals surface area contributed by atoms with E-state index >= 15 is 0 Å². The third kappa shape index (κ3) is 3.83. The number of hydrogen-bond donors (Lipinski definition) is 3. The largest absolute Gasteiger partial charge is 0.478 e. The summed E-state index contributed by atoms with van der Waals surface area (Å²) in [6, 6.07) is 2.28. The minimum atomic E-state index is -3.98. The second-order valence-corrected chi connectivity index (χ2v) is 6.70. The van der Waals surface area contributed by atoms with Crippen LogP contribution >= 0.6 is 23.2 Å². The van der Waals surface area contributed by atoms with Crippen LogP contribution in [0.15, 0.2) is 17.0 Å². The van der Waals surface area contributed by atoms with Crippen LogP contribution in [-0.2, 0) is 10.0 Å². The van der Waals surface area contributed by atoms with Gasteiger partial charge in [0.25, 0.3) is 0 Å². The minimum Gasteiger partial charge on any atom is -0.478 e. The van der Waals surface area contributed by atoms with Gasteiger partial charge in [-0.05, 0) is 18.1 Å². The van der Waals surface area contributed by atoms with E-state index in [-0.39, 0.29) is 29.0 Å². The van der Waals surface area contributed by atoms with E-state index in [9.17, 15) is 13.2 Å². The Morgan fingerprint density at radius 2 is 2.00 bits per heavy atom. The Labute approximate surface area is 126 Å². The van der Waals surface area contributed by atoms with Gasteiger partial charge in [-0.15, -0.1) is 0 Å². The van der Waals surface area contributed by atoms with Crippen molar-refractivity contribution in [3.05, 3.63) is 27.7 Å². The number of rotatable bonds is 6. The highest BCUT2D eigenvalue weighted by Crippen LogP contribution is 2.30. The fourth-order valence-corrected chi connectivity index (χ4v) is 3.41. The van der Waals surface area contributed by atoms with Gasteiger partial charge in [0, 0.05) is 13.2 Å². The molecule has 9 heteroatoms. The number of carboxylic acid groups (broad SMARTS) is 1. The predicted octanol–water partition coefficient (Wildman–Crippen LogP) is 1.60. The summed E-state index contributed by atoms with van der Waals surface area (Å²) in [5.74, 6) is -1.70. The number of carbonyl (C=O) groups is 1. The van der Waals surface area contributed by atoms with Crippen molar-refractivity contribution < 1.29 is 23.4 Å². The lowest BCUT2D eigenvalue weighted by molar-refractivity contribution is 0.0697. The van der Waals surface area contributed by atoms with Crippen molar-refractivity contribution in [2.75, 3.05) is 13.2 Å². The second kappa shape index (κ2) is 6.73. The molecule has 1 aromatic carbocycles. The predicted molar refractivity (Wildman–Crippen MR) is 74.9 cm³/mol. The van der Waals surface area contributed by atoms with Crippen molar-refractivity contribution in [3.63, 3.8) is 0 Å². The molecular weight excluding hydrogens is 329 g/mol. The zero-order valence-corrected chi connectivity index (χ0v) is 12.8. The highest BCUT2D eigenvalue weighted by atomic mass is 35.5. The molecule has 0 saturated heterocycles. The molecule has 0 aliphatic heterocycles. The molecule has 3 N–H and O–H groups in total. The first-order valence-electron chi connectivity index (χ1n) is 5.52. The Bertz CT molecular complexity index is 617. The summed E-state index contributed by atoms with van der Waals surface area (Å²) in [5, 5.41) is 17.2. The average Bonchev–Trinajstić information content (AvgIpc) is 2.35. The lowest BCUT2D eigenvalue weighted by atomic mass is 10.2. The van der Waals surface area contributed by atoms with E-state index in [0.29, 0.717) is 0 Å². The molecular formula is C11H13Cl2NO5S. The van der Waals surface area contributed by atoms with Gasteiger partial charge in [0.15, 0.2) is 0 Å². The number of sulfonamides is 1. The first kappa shape index (κ1) is 17.2. The van der Waals surface area contributed by atoms with E-state index in [1.807, 2.05) is 0 Å². The molecule has 0 bridgehead atoms. The molecule has 6 nitrogen and oxygen atoms in total. The van der Waals surface area contributed by atoms with Crippen LogP contribution in [0.25, 0.3) is 0 Å². The normalized spacial score (nSPS) is 13.2. The zero-order chi connectivity index (χ0) is 15.5. The van der Waals surface area contributed by atoms with Crippen molar-refractivity contribution in [3.8, 4) is 0 Å². The molecule has 0 aliphatic carbocycles. The molecule has 20 heavy (non-hydrogen) atoms. The monoisotopic (exact) mass is 341 g/mol. The molecule has 0 aliphatic rings. The molecule has 1 aromatic rings. The molecule has 0 fully saturated rings. The number of aromatic carboxylic acids is 1. The third-order valence-electron chi connectivity index (χ3n) is 2.49. The molecule has 1 unspecified atom stereocenters. The van der Waals surface area contributed by atoms with E-state index in [1.54, 1.807) is 6.92 Å². The number of aliphatic hydroxyl groups excluding tert-OH is 1. The van der Waals surface area contributed by atoms with Crippen molar-refractivity contribution in [2.45, 2.75) is 11.8 Å². The molecule has 0 amide bonds. The maximum atomic E-state index is 12.0. The number of nitrogens with one attached hydrogen (secondary N) is 1. The second-order valence-electron chi connectivity index (χ2n) is 4.18. The van der Waals surface area contributed by atoms with Crippen LogP contribution in [0, 0.1) is 5.92 Å². The fraction of sp³-hybridized carbons (Fsp3) is 0.364. The molecule has 0 spiro atoms. The smallest absolute Gasteiger partial charge is 0.338 e. The van der Waals surface area contributed by atoms with Gasteiger partial charge in [-0.2, -0.15) is 0 Å². The number of halogens is 2. The van der Waals surface area contributed by atoms with Gasteiger partial charge in [-0.1, -0.05) is 30.1 Å². The van der Waals surface area contributed by atoms with Gasteiger partial charge < -0.3 is 10.2 Å². The van der Waals surface area contributed by atoms with E-state index in [4.69, 9.17) is 33.4 Å². The van der Waals surface area contributed by atoms with Crippen molar-refractivity contribution in [2.24, 2.45) is 5.92 Å². The Morgan fingerprint density at radius 3 is 2.50 bits per heavy atom. The Hall–Kier alpha value is -0.860. The standard InChI is InChI=1S/C11H13Cl2NO5S/c1-6(5-15)4-14-20(18,19)8-3-2-7(12)9(10(8)13)11(16)17/h2-3,6,14-15H,4-5H2,1H3,(H,16,17). The van der Waals surface area contributed by atoms with E-state index in [2.05, 4.69) is 4.72 Å². The topological polar surface area (TPSA) is 104 Å². The number of hydrogen-bond acceptors (Lipinski definition) is 4. The molecule has 1 rings (SSSR count). The highest BCUT2D eigenvalue weighted by molar-refractivity contribution is 7.89. The summed E-state index contributed by atoms with van der Waals surface area (Å²) < 4.78 is 26.3. The van der Waals surface area contributed by atoms with Crippen molar-refractivity contribution in [1.82, 2.24) is 4.72 Å². The van der Waals surface area contributed by atoms with E-state index in [1.165, 1.54) is 0 Å². The lowest BCUT2D eigenvalue weighted by Gasteiger charge is -2.13. The first-order chi connectivity index (χ1) is 9.20. The molecule has 1 atom stereocenters. The average molecular weight is 342 g/mol. The zero-order valence-electron chi connectivity index (χ0n) is 10.4. The van der Waals surface area contributed by atoms with Crippen LogP contribution in [0.1, 0.15) is 17.3 Å². The SMILES string of the molecule is CC(CO)CNS(=O)(=O)c1ccc(Cl)c(C(=O)O)c1Cl. The van der Waals surface area contributed by atoms with E-state index < -0.39 is 26.6 Å². The molecule has 0 radical (unpaired) electrons. The molecule has 0 saturated carbocycles. The van der Waals surface area contributed by atoms with Crippen LogP contribution in [0.2, 0.25) is 10.0 Å². The fourth-order valence-electron chi connectivity index (χ4n) is 1.33. The van der Waals surface area contributed by atoms with Crippen molar-refractivity contribution >= 4 is 39.2 Å². The van der Waals surface area contributed by atoms with Gasteiger partial charge in [0.05, 0.1) is 15.6 Å². The minimum absolute atomic E-state index is 0.000192. The van der Waals surface area contributed by atoms with Crippen LogP contribution in [-0.4, -0.2) is 37.8 Å². The van der Waals surface area contributed by atoms with Gasteiger partial charge in [-0.25, -0.2) is 17.9 Å². The van der Waals surface area contributed by atoms with Gasteiger partial charge >= 0.3 is 5.97 Å². The van der Waals surface area contributed by atoms with Crippen LogP contribution in [0.5, 0.6) is 0 Å². The quantitative estimate of drug-likeness (QED) is 0.728. The summed E-state index contributed by atoms with van der Waals surface area (Å²) in [6.07, 6.45) is 0. The number of carboxylic acids is 1. The van der Waals surface area contributed by atoms with Crippen LogP contribution in [0.3, 0.4) is 0 Å². The third-order valence-corrected chi connectivity index (χ3v) is 4.78. The summed E-state index contributed by atoms with van der Waals surface area (Å²) in [4.78, 5) is 10.6. The summed E-state index contributed by atoms with van der Waals surface area (Å²) in [6.45, 7) is 1.46. The van der Waals surface area contributed by atoms with Gasteiger partial charge in [0.1, 0.15) is 4.90 Å². The van der Waals surface area contributed by atoms with Gasteiger partial charge in [-0.3, -0.25) is 0 Å². The van der Waals surface area contributed by atoms with Crippen molar-refractivity contribution in [1.29, 1.82) is 0 Å². The van der Waals surface area contributed by atoms with Crippen LogP contribution in [0.4, 0.5) is 0 Å². The first-order valence-corrected chi connectivity index (χ1v) is 7.76.